The van der Waals surface area contributed by atoms with Crippen molar-refractivity contribution >= 4 is 0 Å². The van der Waals surface area contributed by atoms with E-state index in [-0.39, 0.29) is 0 Å². The molecular weight excluding hydrogens is 200 g/mol. The topological polar surface area (TPSA) is 24.5 Å². The molecule has 0 radical (unpaired) electrons. The standard InChI is InChI=1S/C13H28N2O/c1-4-14-12(2)5-8-15-9-6-13(7-10-15)11-16-3/h12-14H,4-11H2,1-3H3. The third-order valence-corrected chi connectivity index (χ3v) is 3.54. The highest BCUT2D eigenvalue weighted by Gasteiger charge is 2.18. The van der Waals surface area contributed by atoms with Crippen LogP contribution < -0.4 is 5.32 Å². The van der Waals surface area contributed by atoms with Crippen molar-refractivity contribution in [3.8, 4) is 0 Å². The number of hydrogen-bond donors (Lipinski definition) is 1. The normalized spacial score (nSPS) is 21.2. The van der Waals surface area contributed by atoms with Crippen LogP contribution in [0.3, 0.4) is 0 Å². The molecule has 0 aromatic rings. The van der Waals surface area contributed by atoms with Gasteiger partial charge in [-0.05, 0) is 58.3 Å². The van der Waals surface area contributed by atoms with Crippen molar-refractivity contribution in [3.05, 3.63) is 0 Å². The van der Waals surface area contributed by atoms with Crippen molar-refractivity contribution in [2.45, 2.75) is 39.2 Å². The highest BCUT2D eigenvalue weighted by Crippen LogP contribution is 2.17. The minimum Gasteiger partial charge on any atom is -0.384 e. The molecule has 1 unspecified atom stereocenters. The van der Waals surface area contributed by atoms with Crippen LogP contribution in [0.4, 0.5) is 0 Å². The van der Waals surface area contributed by atoms with E-state index in [4.69, 9.17) is 4.74 Å². The summed E-state index contributed by atoms with van der Waals surface area (Å²) in [7, 11) is 1.81. The number of methoxy groups -OCH3 is 1. The molecule has 3 nitrogen and oxygen atoms in total. The van der Waals surface area contributed by atoms with Gasteiger partial charge in [0.05, 0.1) is 0 Å². The molecule has 96 valence electrons. The Hall–Kier alpha value is -0.120. The van der Waals surface area contributed by atoms with E-state index in [0.717, 1.165) is 19.1 Å². The summed E-state index contributed by atoms with van der Waals surface area (Å²) in [5.74, 6) is 0.799. The number of ether oxygens (including phenoxy) is 1. The second kappa shape index (κ2) is 8.04. The van der Waals surface area contributed by atoms with E-state index in [2.05, 4.69) is 24.1 Å². The summed E-state index contributed by atoms with van der Waals surface area (Å²) in [5.41, 5.74) is 0. The molecule has 1 atom stereocenters. The molecule has 0 amide bonds. The van der Waals surface area contributed by atoms with Gasteiger partial charge in [-0.3, -0.25) is 0 Å². The van der Waals surface area contributed by atoms with E-state index in [1.54, 1.807) is 0 Å². The average molecular weight is 228 g/mol. The SMILES string of the molecule is CCNC(C)CCN1CCC(COC)CC1. The Balaban J connectivity index is 2.07. The maximum absolute atomic E-state index is 5.22. The fraction of sp³-hybridized carbons (Fsp3) is 1.00. The third kappa shape index (κ3) is 5.28. The first-order valence-electron chi connectivity index (χ1n) is 6.71. The molecule has 1 aliphatic heterocycles. The lowest BCUT2D eigenvalue weighted by atomic mass is 9.97. The van der Waals surface area contributed by atoms with Crippen LogP contribution in [0.25, 0.3) is 0 Å². The minimum absolute atomic E-state index is 0.654. The Morgan fingerprint density at radius 2 is 2.06 bits per heavy atom. The Kier molecular flexibility index (Phi) is 7.01. The monoisotopic (exact) mass is 228 g/mol. The smallest absolute Gasteiger partial charge is 0.0491 e. The molecule has 0 saturated carbocycles. The quantitative estimate of drug-likeness (QED) is 0.718. The van der Waals surface area contributed by atoms with Crippen LogP contribution in [0.1, 0.15) is 33.1 Å². The summed E-state index contributed by atoms with van der Waals surface area (Å²) in [5, 5.41) is 3.47. The van der Waals surface area contributed by atoms with Crippen molar-refractivity contribution in [3.63, 3.8) is 0 Å². The Morgan fingerprint density at radius 3 is 2.62 bits per heavy atom. The molecule has 0 aliphatic carbocycles. The lowest BCUT2D eigenvalue weighted by Crippen LogP contribution is -2.38. The van der Waals surface area contributed by atoms with E-state index in [1.807, 2.05) is 7.11 Å². The first-order valence-corrected chi connectivity index (χ1v) is 6.71. The highest BCUT2D eigenvalue weighted by molar-refractivity contribution is 4.73. The summed E-state index contributed by atoms with van der Waals surface area (Å²) in [4.78, 5) is 2.60. The molecule has 1 fully saturated rings. The van der Waals surface area contributed by atoms with Crippen LogP contribution in [-0.4, -0.2) is 50.8 Å². The zero-order valence-electron chi connectivity index (χ0n) is 11.2. The van der Waals surface area contributed by atoms with Crippen LogP contribution >= 0.6 is 0 Å². The zero-order chi connectivity index (χ0) is 11.8. The molecule has 3 heteroatoms. The van der Waals surface area contributed by atoms with Crippen molar-refractivity contribution in [2.24, 2.45) is 5.92 Å². The zero-order valence-corrected chi connectivity index (χ0v) is 11.2. The summed E-state index contributed by atoms with van der Waals surface area (Å²) in [6.45, 7) is 10.2. The minimum atomic E-state index is 0.654. The summed E-state index contributed by atoms with van der Waals surface area (Å²) in [6.07, 6.45) is 3.88. The first kappa shape index (κ1) is 13.9. The van der Waals surface area contributed by atoms with E-state index < -0.39 is 0 Å². The molecule has 0 spiro atoms. The van der Waals surface area contributed by atoms with Gasteiger partial charge in [-0.15, -0.1) is 0 Å². The maximum atomic E-state index is 5.22. The van der Waals surface area contributed by atoms with Gasteiger partial charge in [0.1, 0.15) is 0 Å². The number of likely N-dealkylation sites (tertiary alicyclic amines) is 1. The molecule has 1 heterocycles. The fourth-order valence-corrected chi connectivity index (χ4v) is 2.44. The Bertz CT molecular complexity index is 167. The van der Waals surface area contributed by atoms with E-state index >= 15 is 0 Å². The van der Waals surface area contributed by atoms with Crippen LogP contribution in [0.5, 0.6) is 0 Å². The molecule has 0 aromatic heterocycles. The number of nitrogens with zero attached hydrogens (tertiary/aromatic N) is 1. The lowest BCUT2D eigenvalue weighted by molar-refractivity contribution is 0.0980. The Labute approximate surface area is 101 Å². The van der Waals surface area contributed by atoms with Gasteiger partial charge in [0.25, 0.3) is 0 Å². The number of piperidine rings is 1. The van der Waals surface area contributed by atoms with Gasteiger partial charge in [0.15, 0.2) is 0 Å². The second-order valence-corrected chi connectivity index (χ2v) is 4.99. The summed E-state index contributed by atoms with van der Waals surface area (Å²) >= 11 is 0. The molecule has 1 aliphatic rings. The first-order chi connectivity index (χ1) is 7.76. The van der Waals surface area contributed by atoms with Gasteiger partial charge in [-0.1, -0.05) is 6.92 Å². The average Bonchev–Trinajstić information content (AvgIpc) is 2.29. The maximum Gasteiger partial charge on any atom is 0.0491 e. The third-order valence-electron chi connectivity index (χ3n) is 3.54. The predicted octanol–water partition coefficient (Wildman–Crippen LogP) is 1.73. The van der Waals surface area contributed by atoms with Gasteiger partial charge in [-0.25, -0.2) is 0 Å². The largest absolute Gasteiger partial charge is 0.384 e. The van der Waals surface area contributed by atoms with Crippen molar-refractivity contribution in [1.29, 1.82) is 0 Å². The van der Waals surface area contributed by atoms with E-state index in [0.29, 0.717) is 6.04 Å². The van der Waals surface area contributed by atoms with Crippen molar-refractivity contribution in [1.82, 2.24) is 10.2 Å². The van der Waals surface area contributed by atoms with Gasteiger partial charge < -0.3 is 15.0 Å². The summed E-state index contributed by atoms with van der Waals surface area (Å²) in [6, 6.07) is 0.654. The number of rotatable bonds is 7. The Morgan fingerprint density at radius 1 is 1.38 bits per heavy atom. The van der Waals surface area contributed by atoms with Gasteiger partial charge in [0, 0.05) is 19.8 Å². The van der Waals surface area contributed by atoms with Gasteiger partial charge in [0.2, 0.25) is 0 Å². The molecule has 0 aromatic carbocycles. The predicted molar refractivity (Wildman–Crippen MR) is 68.8 cm³/mol. The molecule has 1 rings (SSSR count). The van der Waals surface area contributed by atoms with Crippen LogP contribution in [0, 0.1) is 5.92 Å². The number of hydrogen-bond acceptors (Lipinski definition) is 3. The van der Waals surface area contributed by atoms with Crippen LogP contribution in [0.15, 0.2) is 0 Å². The molecule has 0 bridgehead atoms. The van der Waals surface area contributed by atoms with Crippen molar-refractivity contribution < 1.29 is 4.74 Å². The van der Waals surface area contributed by atoms with E-state index in [9.17, 15) is 0 Å². The molecule has 1 N–H and O–H groups in total. The summed E-state index contributed by atoms with van der Waals surface area (Å²) < 4.78 is 5.22. The molecule has 1 saturated heterocycles. The second-order valence-electron chi connectivity index (χ2n) is 4.99. The fourth-order valence-electron chi connectivity index (χ4n) is 2.44. The van der Waals surface area contributed by atoms with Gasteiger partial charge in [-0.2, -0.15) is 0 Å². The lowest BCUT2D eigenvalue weighted by Gasteiger charge is -2.32. The number of nitrogens with one attached hydrogen (secondary N) is 1. The van der Waals surface area contributed by atoms with Crippen LogP contribution in [-0.2, 0) is 4.74 Å². The van der Waals surface area contributed by atoms with E-state index in [1.165, 1.54) is 38.9 Å². The molecule has 16 heavy (non-hydrogen) atoms. The molecular formula is C13H28N2O. The van der Waals surface area contributed by atoms with Crippen LogP contribution in [0.2, 0.25) is 0 Å². The highest BCUT2D eigenvalue weighted by atomic mass is 16.5. The van der Waals surface area contributed by atoms with Crippen molar-refractivity contribution in [2.75, 3.05) is 39.9 Å². The van der Waals surface area contributed by atoms with Gasteiger partial charge >= 0.3 is 0 Å².